The van der Waals surface area contributed by atoms with Crippen LogP contribution in [-0.2, 0) is 13.9 Å². The minimum absolute atomic E-state index is 0.172. The number of carbonyl (C=O) groups is 1. The smallest absolute Gasteiger partial charge is 0.409 e. The maximum atomic E-state index is 14.2. The molecule has 1 rings (SSSR count). The van der Waals surface area contributed by atoms with E-state index >= 15 is 0 Å². The van der Waals surface area contributed by atoms with Crippen LogP contribution in [0.3, 0.4) is 0 Å². The maximum Gasteiger partial charge on any atom is 0.409 e. The van der Waals surface area contributed by atoms with Crippen molar-refractivity contribution in [3.8, 4) is 0 Å². The zero-order valence-electron chi connectivity index (χ0n) is 12.8. The normalized spacial score (nSPS) is 24.5. The number of carbonyl (C=O) groups excluding carboxylic acids is 1. The third-order valence-electron chi connectivity index (χ3n) is 3.87. The lowest BCUT2D eigenvalue weighted by atomic mass is 10.2. The van der Waals surface area contributed by atoms with Crippen LogP contribution in [0.5, 0.6) is 0 Å². The van der Waals surface area contributed by atoms with Crippen molar-refractivity contribution >= 4 is 14.4 Å². The Bertz CT molecular complexity index is 371. The van der Waals surface area contributed by atoms with Gasteiger partial charge in [-0.2, -0.15) is 8.78 Å². The predicted octanol–water partition coefficient (Wildman–Crippen LogP) is 2.72. The first-order chi connectivity index (χ1) is 8.90. The Morgan fingerprint density at radius 2 is 1.90 bits per heavy atom. The van der Waals surface area contributed by atoms with E-state index in [1.54, 1.807) is 0 Å². The topological polar surface area (TPSA) is 56.8 Å². The van der Waals surface area contributed by atoms with Gasteiger partial charge >= 0.3 is 12.0 Å². The van der Waals surface area contributed by atoms with E-state index in [9.17, 15) is 13.6 Å². The molecule has 1 heterocycles. The molecule has 20 heavy (non-hydrogen) atoms. The molecular formula is C12H23F2NO4Si. The Morgan fingerprint density at radius 3 is 2.35 bits per heavy atom. The number of alkyl halides is 2. The van der Waals surface area contributed by atoms with Gasteiger partial charge in [-0.25, -0.2) is 4.79 Å². The van der Waals surface area contributed by atoms with Crippen LogP contribution in [0.15, 0.2) is 0 Å². The number of amides is 1. The molecule has 0 aromatic carbocycles. The minimum Gasteiger partial charge on any atom is -0.435 e. The fraction of sp³-hybridized carbons (Fsp3) is 0.917. The van der Waals surface area contributed by atoms with Crippen molar-refractivity contribution in [2.75, 3.05) is 13.7 Å². The molecule has 0 spiro atoms. The zero-order chi connectivity index (χ0) is 15.8. The summed E-state index contributed by atoms with van der Waals surface area (Å²) in [5, 5.41) is 2.01. The van der Waals surface area contributed by atoms with Crippen LogP contribution in [0, 0.1) is 0 Å². The molecule has 0 radical (unpaired) electrons. The van der Waals surface area contributed by atoms with Crippen LogP contribution in [0.4, 0.5) is 13.6 Å². The molecule has 1 fully saturated rings. The third kappa shape index (κ3) is 3.67. The average Bonchev–Trinajstić information content (AvgIpc) is 2.67. The summed E-state index contributed by atoms with van der Waals surface area (Å²) in [6.45, 7) is 8.87. The highest BCUT2D eigenvalue weighted by atomic mass is 28.4. The molecule has 1 aliphatic heterocycles. The number of halogens is 2. The molecular weight excluding hydrogens is 288 g/mol. The number of cyclic esters (lactones) is 1. The third-order valence-corrected chi connectivity index (χ3v) is 8.35. The summed E-state index contributed by atoms with van der Waals surface area (Å²) in [5.74, 6) is -3.31. The number of methoxy groups -OCH3 is 1. The number of rotatable bonds is 5. The number of alkyl carbamates (subject to hydrolysis) is 1. The van der Waals surface area contributed by atoms with E-state index in [0.29, 0.717) is 0 Å². The van der Waals surface area contributed by atoms with Gasteiger partial charge in [0.1, 0.15) is 6.61 Å². The highest BCUT2D eigenvalue weighted by Crippen LogP contribution is 2.38. The number of hydrogen-bond acceptors (Lipinski definition) is 4. The molecule has 0 aliphatic carbocycles. The van der Waals surface area contributed by atoms with Crippen molar-refractivity contribution < 1.29 is 27.5 Å². The number of hydrogen-bond donors (Lipinski definition) is 1. The van der Waals surface area contributed by atoms with E-state index in [0.717, 1.165) is 0 Å². The van der Waals surface area contributed by atoms with Crippen molar-refractivity contribution in [1.29, 1.82) is 0 Å². The summed E-state index contributed by atoms with van der Waals surface area (Å²) >= 11 is 0. The van der Waals surface area contributed by atoms with Crippen molar-refractivity contribution in [1.82, 2.24) is 5.32 Å². The van der Waals surface area contributed by atoms with Gasteiger partial charge in [-0.05, 0) is 18.1 Å². The molecule has 5 nitrogen and oxygen atoms in total. The van der Waals surface area contributed by atoms with Gasteiger partial charge in [0.2, 0.25) is 6.10 Å². The van der Waals surface area contributed by atoms with Crippen molar-refractivity contribution in [2.45, 2.75) is 57.2 Å². The number of nitrogens with one attached hydrogen (secondary N) is 1. The van der Waals surface area contributed by atoms with Crippen LogP contribution in [0.1, 0.15) is 20.8 Å². The summed E-state index contributed by atoms with van der Waals surface area (Å²) in [4.78, 5) is 11.1. The Labute approximate surface area is 119 Å². The summed E-state index contributed by atoms with van der Waals surface area (Å²) in [7, 11) is -1.06. The Kier molecular flexibility index (Phi) is 4.82. The van der Waals surface area contributed by atoms with Gasteiger partial charge in [0.25, 0.3) is 0 Å². The van der Waals surface area contributed by atoms with Crippen LogP contribution in [0.2, 0.25) is 18.1 Å². The standard InChI is InChI=1S/C12H23F2NO4Si/c1-11(2,3)20(5,6)18-7-12(13,14)8-9(17-4)15-10(16)19-8/h8-9H,7H2,1-6H3,(H,15,16)/t8-,9+/m1/s1. The first kappa shape index (κ1) is 17.3. The Balaban J connectivity index is 2.73. The highest BCUT2D eigenvalue weighted by Gasteiger charge is 2.53. The van der Waals surface area contributed by atoms with Crippen LogP contribution in [-0.4, -0.2) is 46.4 Å². The maximum absolute atomic E-state index is 14.2. The van der Waals surface area contributed by atoms with Gasteiger partial charge < -0.3 is 13.9 Å². The molecule has 8 heteroatoms. The molecule has 0 aromatic heterocycles. The highest BCUT2D eigenvalue weighted by molar-refractivity contribution is 6.74. The van der Waals surface area contributed by atoms with E-state index in [1.165, 1.54) is 7.11 Å². The average molecular weight is 311 g/mol. The van der Waals surface area contributed by atoms with Gasteiger partial charge in [-0.1, -0.05) is 20.8 Å². The lowest BCUT2D eigenvalue weighted by Crippen LogP contribution is -2.51. The first-order valence-corrected chi connectivity index (χ1v) is 9.33. The van der Waals surface area contributed by atoms with Crippen molar-refractivity contribution in [2.24, 2.45) is 0 Å². The van der Waals surface area contributed by atoms with Crippen molar-refractivity contribution in [3.05, 3.63) is 0 Å². The number of ether oxygens (including phenoxy) is 2. The molecule has 1 amide bonds. The van der Waals surface area contributed by atoms with E-state index in [4.69, 9.17) is 9.16 Å². The second kappa shape index (κ2) is 5.57. The lowest BCUT2D eigenvalue weighted by Gasteiger charge is -2.37. The molecule has 0 aromatic rings. The van der Waals surface area contributed by atoms with Gasteiger partial charge in [0.15, 0.2) is 14.5 Å². The van der Waals surface area contributed by atoms with Gasteiger partial charge in [-0.3, -0.25) is 5.32 Å². The van der Waals surface area contributed by atoms with E-state index in [-0.39, 0.29) is 5.04 Å². The minimum atomic E-state index is -3.31. The molecule has 1 N–H and O–H groups in total. The van der Waals surface area contributed by atoms with Gasteiger partial charge in [0, 0.05) is 7.11 Å². The molecule has 0 saturated carbocycles. The largest absolute Gasteiger partial charge is 0.435 e. The summed E-state index contributed by atoms with van der Waals surface area (Å²) in [6.07, 6.45) is -3.75. The molecule has 1 aliphatic rings. The molecule has 0 unspecified atom stereocenters. The van der Waals surface area contributed by atoms with Crippen LogP contribution in [0.25, 0.3) is 0 Å². The molecule has 118 valence electrons. The fourth-order valence-electron chi connectivity index (χ4n) is 1.47. The van der Waals surface area contributed by atoms with Gasteiger partial charge in [0.05, 0.1) is 0 Å². The predicted molar refractivity (Wildman–Crippen MR) is 72.3 cm³/mol. The second-order valence-corrected chi connectivity index (χ2v) is 11.2. The zero-order valence-corrected chi connectivity index (χ0v) is 13.8. The Hall–Kier alpha value is -0.733. The van der Waals surface area contributed by atoms with E-state index < -0.39 is 39.3 Å². The van der Waals surface area contributed by atoms with E-state index in [2.05, 4.69) is 10.1 Å². The molecule has 0 bridgehead atoms. The van der Waals surface area contributed by atoms with Crippen molar-refractivity contribution in [3.63, 3.8) is 0 Å². The van der Waals surface area contributed by atoms with Crippen LogP contribution >= 0.6 is 0 Å². The SMILES string of the molecule is CO[C@@H]1NC(=O)O[C@H]1C(F)(F)CO[Si](C)(C)C(C)(C)C. The summed E-state index contributed by atoms with van der Waals surface area (Å²) < 4.78 is 43.2. The monoisotopic (exact) mass is 311 g/mol. The Morgan fingerprint density at radius 1 is 1.35 bits per heavy atom. The summed E-state index contributed by atoms with van der Waals surface area (Å²) in [5.41, 5.74) is 0. The quantitative estimate of drug-likeness (QED) is 0.793. The fourth-order valence-corrected chi connectivity index (χ4v) is 2.45. The first-order valence-electron chi connectivity index (χ1n) is 6.42. The van der Waals surface area contributed by atoms with Gasteiger partial charge in [-0.15, -0.1) is 0 Å². The lowest BCUT2D eigenvalue weighted by molar-refractivity contribution is -0.157. The second-order valence-electron chi connectivity index (χ2n) is 6.44. The van der Waals surface area contributed by atoms with E-state index in [1.807, 2.05) is 33.9 Å². The molecule has 2 atom stereocenters. The molecule has 1 saturated heterocycles. The summed E-state index contributed by atoms with van der Waals surface area (Å²) in [6, 6.07) is 0. The van der Waals surface area contributed by atoms with Crippen LogP contribution < -0.4 is 5.32 Å².